The van der Waals surface area contributed by atoms with Crippen LogP contribution in [0.25, 0.3) is 0 Å². The Bertz CT molecular complexity index is 453. The van der Waals surface area contributed by atoms with Crippen molar-refractivity contribution in [3.8, 4) is 0 Å². The van der Waals surface area contributed by atoms with Crippen molar-refractivity contribution >= 4 is 11.7 Å². The van der Waals surface area contributed by atoms with Crippen molar-refractivity contribution in [1.82, 2.24) is 4.90 Å². The Hall–Kier alpha value is -1.62. The number of nitrogens with one attached hydrogen (secondary N) is 1. The number of carbonyl (C=O) groups is 1. The lowest BCUT2D eigenvalue weighted by molar-refractivity contribution is 0.0494. The summed E-state index contributed by atoms with van der Waals surface area (Å²) in [6.45, 7) is 0. The summed E-state index contributed by atoms with van der Waals surface area (Å²) < 4.78 is 13.0. The Morgan fingerprint density at radius 1 is 1.42 bits per heavy atom. The number of urea groups is 1. The Labute approximate surface area is 112 Å². The lowest BCUT2D eigenvalue weighted by Crippen LogP contribution is -2.47. The Kier molecular flexibility index (Phi) is 4.37. The second-order valence-corrected chi connectivity index (χ2v) is 4.97. The van der Waals surface area contributed by atoms with Crippen LogP contribution in [-0.4, -0.2) is 35.2 Å². The highest BCUT2D eigenvalue weighted by atomic mass is 19.1. The largest absolute Gasteiger partial charge is 0.391 e. The summed E-state index contributed by atoms with van der Waals surface area (Å²) in [5.41, 5.74) is 0.419. The quantitative estimate of drug-likeness (QED) is 0.864. The number of rotatable bonds is 2. The zero-order valence-corrected chi connectivity index (χ0v) is 11.0. The fourth-order valence-electron chi connectivity index (χ4n) is 2.47. The average Bonchev–Trinajstić information content (AvgIpc) is 2.38. The summed E-state index contributed by atoms with van der Waals surface area (Å²) >= 11 is 0. The topological polar surface area (TPSA) is 52.6 Å². The van der Waals surface area contributed by atoms with Gasteiger partial charge in [-0.2, -0.15) is 0 Å². The van der Waals surface area contributed by atoms with Crippen LogP contribution in [0.15, 0.2) is 24.3 Å². The molecule has 2 N–H and O–H groups in total. The molecule has 0 bridgehead atoms. The standard InChI is InChI=1S/C14H19FN2O2/c1-17(12-7-2-3-8-13(12)18)14(19)16-11-6-4-5-10(15)9-11/h4-6,9,12-13,18H,2-3,7-8H2,1H3,(H,16,19). The average molecular weight is 266 g/mol. The third-order valence-corrected chi connectivity index (χ3v) is 3.59. The minimum absolute atomic E-state index is 0.165. The summed E-state index contributed by atoms with van der Waals surface area (Å²) in [6, 6.07) is 5.28. The molecule has 0 heterocycles. The van der Waals surface area contributed by atoms with Crippen molar-refractivity contribution in [2.45, 2.75) is 37.8 Å². The molecule has 104 valence electrons. The van der Waals surface area contributed by atoms with Gasteiger partial charge in [-0.25, -0.2) is 9.18 Å². The molecule has 0 aromatic heterocycles. The predicted octanol–water partition coefficient (Wildman–Crippen LogP) is 2.59. The van der Waals surface area contributed by atoms with E-state index in [1.165, 1.54) is 17.0 Å². The van der Waals surface area contributed by atoms with Gasteiger partial charge in [0.1, 0.15) is 5.82 Å². The number of nitrogens with zero attached hydrogens (tertiary/aromatic N) is 1. The second-order valence-electron chi connectivity index (χ2n) is 4.97. The molecule has 5 heteroatoms. The fourth-order valence-corrected chi connectivity index (χ4v) is 2.47. The first-order valence-electron chi connectivity index (χ1n) is 6.55. The van der Waals surface area contributed by atoms with Crippen molar-refractivity contribution in [3.05, 3.63) is 30.1 Å². The molecular weight excluding hydrogens is 247 g/mol. The van der Waals surface area contributed by atoms with E-state index in [9.17, 15) is 14.3 Å². The third kappa shape index (κ3) is 3.44. The van der Waals surface area contributed by atoms with E-state index in [-0.39, 0.29) is 12.1 Å². The Morgan fingerprint density at radius 3 is 2.84 bits per heavy atom. The number of likely N-dealkylation sites (N-methyl/N-ethyl adjacent to an activating group) is 1. The predicted molar refractivity (Wildman–Crippen MR) is 71.4 cm³/mol. The van der Waals surface area contributed by atoms with Crippen molar-refractivity contribution in [2.24, 2.45) is 0 Å². The Morgan fingerprint density at radius 2 is 2.16 bits per heavy atom. The van der Waals surface area contributed by atoms with E-state index >= 15 is 0 Å². The van der Waals surface area contributed by atoms with Gasteiger partial charge in [0.2, 0.25) is 0 Å². The van der Waals surface area contributed by atoms with Gasteiger partial charge in [-0.05, 0) is 31.0 Å². The van der Waals surface area contributed by atoms with Crippen molar-refractivity contribution in [1.29, 1.82) is 0 Å². The number of hydrogen-bond acceptors (Lipinski definition) is 2. The van der Waals surface area contributed by atoms with E-state index in [0.717, 1.165) is 25.7 Å². The highest BCUT2D eigenvalue weighted by Gasteiger charge is 2.29. The van der Waals surface area contributed by atoms with Crippen LogP contribution in [0.2, 0.25) is 0 Å². The molecule has 4 nitrogen and oxygen atoms in total. The normalized spacial score (nSPS) is 22.9. The first-order valence-corrected chi connectivity index (χ1v) is 6.55. The molecule has 1 fully saturated rings. The molecule has 0 aliphatic heterocycles. The third-order valence-electron chi connectivity index (χ3n) is 3.59. The van der Waals surface area contributed by atoms with Crippen LogP contribution in [0.5, 0.6) is 0 Å². The smallest absolute Gasteiger partial charge is 0.321 e. The van der Waals surface area contributed by atoms with Gasteiger partial charge in [0.25, 0.3) is 0 Å². The maximum Gasteiger partial charge on any atom is 0.321 e. The number of amides is 2. The van der Waals surface area contributed by atoms with Crippen LogP contribution in [-0.2, 0) is 0 Å². The molecule has 1 saturated carbocycles. The van der Waals surface area contributed by atoms with Crippen LogP contribution in [0, 0.1) is 5.82 Å². The summed E-state index contributed by atoms with van der Waals surface area (Å²) in [7, 11) is 1.66. The molecule has 0 radical (unpaired) electrons. The summed E-state index contributed by atoms with van der Waals surface area (Å²) in [6.07, 6.45) is 3.06. The van der Waals surface area contributed by atoms with Gasteiger partial charge in [0.15, 0.2) is 0 Å². The number of carbonyl (C=O) groups excluding carboxylic acids is 1. The molecule has 2 rings (SSSR count). The van der Waals surface area contributed by atoms with Gasteiger partial charge in [-0.15, -0.1) is 0 Å². The van der Waals surface area contributed by atoms with E-state index in [4.69, 9.17) is 0 Å². The zero-order valence-electron chi connectivity index (χ0n) is 11.0. The van der Waals surface area contributed by atoms with Crippen LogP contribution in [0.4, 0.5) is 14.9 Å². The second kappa shape index (κ2) is 6.02. The van der Waals surface area contributed by atoms with Crippen LogP contribution < -0.4 is 5.32 Å². The highest BCUT2D eigenvalue weighted by molar-refractivity contribution is 5.89. The maximum atomic E-state index is 13.0. The van der Waals surface area contributed by atoms with Gasteiger partial charge >= 0.3 is 6.03 Å². The number of anilines is 1. The van der Waals surface area contributed by atoms with Gasteiger partial charge < -0.3 is 15.3 Å². The van der Waals surface area contributed by atoms with Gasteiger partial charge in [-0.3, -0.25) is 0 Å². The molecule has 0 spiro atoms. The maximum absolute atomic E-state index is 13.0. The monoisotopic (exact) mass is 266 g/mol. The van der Waals surface area contributed by atoms with E-state index in [1.807, 2.05) is 0 Å². The van der Waals surface area contributed by atoms with Gasteiger partial charge in [0, 0.05) is 12.7 Å². The minimum Gasteiger partial charge on any atom is -0.391 e. The molecule has 2 unspecified atom stereocenters. The number of benzene rings is 1. The lowest BCUT2D eigenvalue weighted by atomic mass is 9.92. The molecular formula is C14H19FN2O2. The summed E-state index contributed by atoms with van der Waals surface area (Å²) in [5, 5.41) is 12.6. The van der Waals surface area contributed by atoms with Gasteiger partial charge in [0.05, 0.1) is 12.1 Å². The molecule has 2 atom stereocenters. The van der Waals surface area contributed by atoms with E-state index in [1.54, 1.807) is 19.2 Å². The first kappa shape index (κ1) is 13.8. The van der Waals surface area contributed by atoms with E-state index in [2.05, 4.69) is 5.32 Å². The van der Waals surface area contributed by atoms with Gasteiger partial charge in [-0.1, -0.05) is 18.9 Å². The molecule has 1 aromatic rings. The number of aliphatic hydroxyl groups excluding tert-OH is 1. The van der Waals surface area contributed by atoms with Crippen molar-refractivity contribution < 1.29 is 14.3 Å². The molecule has 1 aromatic carbocycles. The van der Waals surface area contributed by atoms with E-state index < -0.39 is 11.9 Å². The van der Waals surface area contributed by atoms with Crippen LogP contribution >= 0.6 is 0 Å². The van der Waals surface area contributed by atoms with E-state index in [0.29, 0.717) is 5.69 Å². The molecule has 1 aliphatic carbocycles. The summed E-state index contributed by atoms with van der Waals surface area (Å²) in [4.78, 5) is 13.6. The Balaban J connectivity index is 1.99. The van der Waals surface area contributed by atoms with Crippen LogP contribution in [0.1, 0.15) is 25.7 Å². The van der Waals surface area contributed by atoms with Crippen molar-refractivity contribution in [2.75, 3.05) is 12.4 Å². The summed E-state index contributed by atoms with van der Waals surface area (Å²) in [5.74, 6) is -0.391. The SMILES string of the molecule is CN(C(=O)Nc1cccc(F)c1)C1CCCCC1O. The fraction of sp³-hybridized carbons (Fsp3) is 0.500. The molecule has 2 amide bonds. The molecule has 1 aliphatic rings. The van der Waals surface area contributed by atoms with Crippen molar-refractivity contribution in [3.63, 3.8) is 0 Å². The number of hydrogen-bond donors (Lipinski definition) is 2. The number of halogens is 1. The zero-order chi connectivity index (χ0) is 13.8. The number of aliphatic hydroxyl groups is 1. The minimum atomic E-state index is -0.475. The van der Waals surface area contributed by atoms with Crippen LogP contribution in [0.3, 0.4) is 0 Å². The molecule has 0 saturated heterocycles. The lowest BCUT2D eigenvalue weighted by Gasteiger charge is -2.35. The molecule has 19 heavy (non-hydrogen) atoms. The first-order chi connectivity index (χ1) is 9.08. The highest BCUT2D eigenvalue weighted by Crippen LogP contribution is 2.23.